The van der Waals surface area contributed by atoms with Gasteiger partial charge in [-0.25, -0.2) is 4.79 Å². The van der Waals surface area contributed by atoms with Crippen LogP contribution in [0.3, 0.4) is 0 Å². The Kier molecular flexibility index (Phi) is 3.78. The van der Waals surface area contributed by atoms with Gasteiger partial charge in [-0.3, -0.25) is 0 Å². The highest BCUT2D eigenvalue weighted by Gasteiger charge is 2.31. The first-order valence-corrected chi connectivity index (χ1v) is 7.63. The summed E-state index contributed by atoms with van der Waals surface area (Å²) in [5.41, 5.74) is 0.120. The summed E-state index contributed by atoms with van der Waals surface area (Å²) < 4.78 is 6.86. The first-order chi connectivity index (χ1) is 10.8. The molecule has 0 radical (unpaired) electrons. The largest absolute Gasteiger partial charge is 0.444 e. The smallest absolute Gasteiger partial charge is 0.410 e. The van der Waals surface area contributed by atoms with E-state index in [9.17, 15) is 4.79 Å². The highest BCUT2D eigenvalue weighted by Crippen LogP contribution is 2.19. The Morgan fingerprint density at radius 3 is 2.78 bits per heavy atom. The molecule has 1 fully saturated rings. The third-order valence-corrected chi connectivity index (χ3v) is 3.63. The van der Waals surface area contributed by atoms with Crippen LogP contribution in [-0.4, -0.2) is 67.5 Å². The monoisotopic (exact) mass is 319 g/mol. The van der Waals surface area contributed by atoms with Crippen LogP contribution in [0.15, 0.2) is 12.1 Å². The van der Waals surface area contributed by atoms with E-state index in [2.05, 4.69) is 25.5 Å². The fourth-order valence-electron chi connectivity index (χ4n) is 2.57. The van der Waals surface area contributed by atoms with E-state index in [1.807, 2.05) is 39.8 Å². The van der Waals surface area contributed by atoms with Crippen molar-refractivity contribution in [1.29, 1.82) is 0 Å². The maximum absolute atomic E-state index is 12.2. The van der Waals surface area contributed by atoms with Crippen LogP contribution in [0, 0.1) is 0 Å². The van der Waals surface area contributed by atoms with E-state index in [4.69, 9.17) is 4.74 Å². The third-order valence-electron chi connectivity index (χ3n) is 3.63. The van der Waals surface area contributed by atoms with E-state index >= 15 is 0 Å². The molecule has 0 bridgehead atoms. The van der Waals surface area contributed by atoms with Gasteiger partial charge in [0.05, 0.1) is 0 Å². The average molecular weight is 319 g/mol. The molecular weight excluding hydrogens is 298 g/mol. The highest BCUT2D eigenvalue weighted by atomic mass is 16.6. The number of nitrogens with zero attached hydrogens (tertiary/aromatic N) is 7. The summed E-state index contributed by atoms with van der Waals surface area (Å²) in [6, 6.07) is 3.75. The number of amides is 1. The fourth-order valence-corrected chi connectivity index (χ4v) is 2.57. The molecule has 124 valence electrons. The van der Waals surface area contributed by atoms with Crippen LogP contribution in [0.5, 0.6) is 0 Å². The first kappa shape index (κ1) is 15.4. The van der Waals surface area contributed by atoms with E-state index in [0.29, 0.717) is 25.3 Å². The second-order valence-corrected chi connectivity index (χ2v) is 6.69. The van der Waals surface area contributed by atoms with Crippen LogP contribution in [-0.2, 0) is 4.74 Å². The lowest BCUT2D eigenvalue weighted by atomic mass is 10.2. The standard InChI is InChI=1S/C14H21N7O2/c1-10-9-19(7-8-20(10)13(22)23-14(2,3)4)12-6-5-11-15-17-18-21(11)16-12/h5-6,10H,7-9H2,1-4H3/t10-/m0/s1. The van der Waals surface area contributed by atoms with Crippen molar-refractivity contribution in [2.75, 3.05) is 24.5 Å². The van der Waals surface area contributed by atoms with E-state index in [1.165, 1.54) is 4.63 Å². The second-order valence-electron chi connectivity index (χ2n) is 6.69. The van der Waals surface area contributed by atoms with Crippen molar-refractivity contribution in [3.8, 4) is 0 Å². The molecule has 2 aromatic rings. The fraction of sp³-hybridized carbons (Fsp3) is 0.643. The molecule has 0 N–H and O–H groups in total. The van der Waals surface area contributed by atoms with Gasteiger partial charge in [0.2, 0.25) is 0 Å². The minimum Gasteiger partial charge on any atom is -0.444 e. The zero-order chi connectivity index (χ0) is 16.6. The molecule has 9 heteroatoms. The molecule has 0 unspecified atom stereocenters. The Bertz CT molecular complexity index is 708. The van der Waals surface area contributed by atoms with Crippen LogP contribution >= 0.6 is 0 Å². The number of hydrogen-bond donors (Lipinski definition) is 0. The molecule has 1 amide bonds. The predicted molar refractivity (Wildman–Crippen MR) is 83.2 cm³/mol. The van der Waals surface area contributed by atoms with Gasteiger partial charge in [0.15, 0.2) is 11.5 Å². The van der Waals surface area contributed by atoms with Crippen LogP contribution in [0.2, 0.25) is 0 Å². The molecule has 1 saturated heterocycles. The number of piperazine rings is 1. The van der Waals surface area contributed by atoms with E-state index in [0.717, 1.165) is 5.82 Å². The minimum absolute atomic E-state index is 0.0324. The van der Waals surface area contributed by atoms with Crippen LogP contribution < -0.4 is 4.90 Å². The molecule has 0 aromatic carbocycles. The van der Waals surface area contributed by atoms with Gasteiger partial charge in [-0.15, -0.1) is 14.8 Å². The van der Waals surface area contributed by atoms with Gasteiger partial charge in [-0.05, 0) is 50.3 Å². The quantitative estimate of drug-likeness (QED) is 0.773. The van der Waals surface area contributed by atoms with Gasteiger partial charge in [0, 0.05) is 25.7 Å². The Labute approximate surface area is 134 Å². The molecule has 3 heterocycles. The lowest BCUT2D eigenvalue weighted by Crippen LogP contribution is -2.55. The van der Waals surface area contributed by atoms with Crippen molar-refractivity contribution in [3.63, 3.8) is 0 Å². The van der Waals surface area contributed by atoms with Gasteiger partial charge >= 0.3 is 6.09 Å². The lowest BCUT2D eigenvalue weighted by molar-refractivity contribution is 0.0158. The zero-order valence-electron chi connectivity index (χ0n) is 13.8. The Hall–Kier alpha value is -2.45. The summed E-state index contributed by atoms with van der Waals surface area (Å²) in [5.74, 6) is 0.792. The number of ether oxygens (including phenoxy) is 1. The number of tetrazole rings is 1. The van der Waals surface area contributed by atoms with Gasteiger partial charge < -0.3 is 14.5 Å². The van der Waals surface area contributed by atoms with Crippen molar-refractivity contribution in [2.45, 2.75) is 39.3 Å². The summed E-state index contributed by atoms with van der Waals surface area (Å²) in [5, 5.41) is 15.6. The van der Waals surface area contributed by atoms with Crippen molar-refractivity contribution in [2.24, 2.45) is 0 Å². The molecule has 1 aliphatic heterocycles. The van der Waals surface area contributed by atoms with Crippen molar-refractivity contribution in [3.05, 3.63) is 12.1 Å². The van der Waals surface area contributed by atoms with Crippen LogP contribution in [0.25, 0.3) is 5.65 Å². The van der Waals surface area contributed by atoms with Gasteiger partial charge in [-0.1, -0.05) is 0 Å². The average Bonchev–Trinajstić information content (AvgIpc) is 2.92. The predicted octanol–water partition coefficient (Wildman–Crippen LogP) is 0.965. The highest BCUT2D eigenvalue weighted by molar-refractivity contribution is 5.69. The molecule has 0 aliphatic carbocycles. The topological polar surface area (TPSA) is 88.8 Å². The molecule has 1 aliphatic rings. The summed E-state index contributed by atoms with van der Waals surface area (Å²) >= 11 is 0. The second kappa shape index (κ2) is 5.64. The number of carbonyl (C=O) groups excluding carboxylic acids is 1. The number of aromatic nitrogens is 5. The molecule has 1 atom stereocenters. The summed E-state index contributed by atoms with van der Waals surface area (Å²) in [6.45, 7) is 9.58. The molecule has 0 spiro atoms. The third kappa shape index (κ3) is 3.33. The summed E-state index contributed by atoms with van der Waals surface area (Å²) in [7, 11) is 0. The Balaban J connectivity index is 1.69. The first-order valence-electron chi connectivity index (χ1n) is 7.63. The molecule has 3 rings (SSSR count). The Morgan fingerprint density at radius 1 is 1.30 bits per heavy atom. The van der Waals surface area contributed by atoms with Gasteiger partial charge in [0.1, 0.15) is 5.60 Å². The molecular formula is C14H21N7O2. The maximum Gasteiger partial charge on any atom is 0.410 e. The van der Waals surface area contributed by atoms with E-state index in [1.54, 1.807) is 4.90 Å². The zero-order valence-corrected chi connectivity index (χ0v) is 13.8. The number of hydrogen-bond acceptors (Lipinski definition) is 7. The molecule has 23 heavy (non-hydrogen) atoms. The maximum atomic E-state index is 12.2. The van der Waals surface area contributed by atoms with Crippen LogP contribution in [0.4, 0.5) is 10.6 Å². The van der Waals surface area contributed by atoms with E-state index in [-0.39, 0.29) is 12.1 Å². The van der Waals surface area contributed by atoms with E-state index < -0.39 is 5.60 Å². The van der Waals surface area contributed by atoms with Crippen molar-refractivity contribution >= 4 is 17.6 Å². The molecule has 0 saturated carbocycles. The molecule has 2 aromatic heterocycles. The number of carbonyl (C=O) groups is 1. The number of anilines is 1. The van der Waals surface area contributed by atoms with Crippen LogP contribution in [0.1, 0.15) is 27.7 Å². The normalized spacial score (nSPS) is 19.2. The van der Waals surface area contributed by atoms with Gasteiger partial charge in [-0.2, -0.15) is 0 Å². The summed E-state index contributed by atoms with van der Waals surface area (Å²) in [6.07, 6.45) is -0.270. The SMILES string of the molecule is C[C@H]1CN(c2ccc3nnnn3n2)CCN1C(=O)OC(C)(C)C. The van der Waals surface area contributed by atoms with Crippen molar-refractivity contribution in [1.82, 2.24) is 30.2 Å². The number of fused-ring (bicyclic) bond motifs is 1. The lowest BCUT2D eigenvalue weighted by Gasteiger charge is -2.40. The Morgan fingerprint density at radius 2 is 2.09 bits per heavy atom. The van der Waals surface area contributed by atoms with Crippen molar-refractivity contribution < 1.29 is 9.53 Å². The molecule has 9 nitrogen and oxygen atoms in total. The number of rotatable bonds is 1. The van der Waals surface area contributed by atoms with Gasteiger partial charge in [0.25, 0.3) is 0 Å². The minimum atomic E-state index is -0.485. The summed E-state index contributed by atoms with van der Waals surface area (Å²) in [4.78, 5) is 16.1.